The molecule has 110 valence electrons. The molecule has 0 radical (unpaired) electrons. The number of benzene rings is 1. The third-order valence-corrected chi connectivity index (χ3v) is 2.88. The van der Waals surface area contributed by atoms with E-state index < -0.39 is 11.7 Å². The van der Waals surface area contributed by atoms with Crippen LogP contribution in [-0.2, 0) is 12.7 Å². The van der Waals surface area contributed by atoms with E-state index in [9.17, 15) is 13.2 Å². The normalized spacial score (nSPS) is 12.7. The first-order chi connectivity index (χ1) is 9.90. The molecule has 0 aliphatic carbocycles. The molecule has 0 amide bonds. The Morgan fingerprint density at radius 3 is 2.76 bits per heavy atom. The summed E-state index contributed by atoms with van der Waals surface area (Å²) in [4.78, 5) is 0. The van der Waals surface area contributed by atoms with Gasteiger partial charge in [0.2, 0.25) is 0 Å². The number of alkyl halides is 3. The average molecular weight is 294 g/mol. The zero-order chi connectivity index (χ0) is 15.5. The minimum absolute atomic E-state index is 0.112. The molecule has 21 heavy (non-hydrogen) atoms. The quantitative estimate of drug-likeness (QED) is 0.941. The fourth-order valence-corrected chi connectivity index (χ4v) is 1.99. The summed E-state index contributed by atoms with van der Waals surface area (Å²) in [6.07, 6.45) is -1.14. The summed E-state index contributed by atoms with van der Waals surface area (Å²) >= 11 is 0. The Morgan fingerprint density at radius 2 is 2.19 bits per heavy atom. The maximum Gasteiger partial charge on any atom is 0.417 e. The van der Waals surface area contributed by atoms with Crippen LogP contribution in [0.1, 0.15) is 18.1 Å². The molecule has 0 fully saturated rings. The lowest BCUT2D eigenvalue weighted by molar-refractivity contribution is -0.137. The Balaban J connectivity index is 2.16. The van der Waals surface area contributed by atoms with Crippen LogP contribution < -0.4 is 5.32 Å². The van der Waals surface area contributed by atoms with Gasteiger partial charge in [0.15, 0.2) is 0 Å². The number of hydrogen-bond donors (Lipinski definition) is 1. The van der Waals surface area contributed by atoms with Gasteiger partial charge in [-0.15, -0.1) is 0 Å². The first kappa shape index (κ1) is 14.9. The van der Waals surface area contributed by atoms with Crippen molar-refractivity contribution in [2.75, 3.05) is 5.32 Å². The molecule has 2 rings (SSSR count). The van der Waals surface area contributed by atoms with Gasteiger partial charge in [0.1, 0.15) is 0 Å². The Labute approximate surface area is 119 Å². The second-order valence-electron chi connectivity index (χ2n) is 4.64. The number of anilines is 1. The summed E-state index contributed by atoms with van der Waals surface area (Å²) in [5, 5.41) is 15.8. The van der Waals surface area contributed by atoms with Gasteiger partial charge in [0.05, 0.1) is 23.7 Å². The fraction of sp³-hybridized carbons (Fsp3) is 0.286. The average Bonchev–Trinajstić information content (AvgIpc) is 2.90. The molecule has 1 aromatic carbocycles. The largest absolute Gasteiger partial charge is 0.417 e. The first-order valence-corrected chi connectivity index (χ1v) is 6.25. The topological polar surface area (TPSA) is 53.6 Å². The van der Waals surface area contributed by atoms with Crippen LogP contribution >= 0.6 is 0 Å². The van der Waals surface area contributed by atoms with Crippen molar-refractivity contribution in [3.63, 3.8) is 0 Å². The standard InChI is InChI=1S/C14H13F3N4/c1-10(9-21-6-2-5-19-21)20-12-4-3-11(8-18)13(7-12)14(15,16)17/h2-7,10,20H,9H2,1H3. The minimum Gasteiger partial charge on any atom is -0.381 e. The van der Waals surface area contributed by atoms with Crippen molar-refractivity contribution in [2.45, 2.75) is 25.7 Å². The molecule has 1 unspecified atom stereocenters. The van der Waals surface area contributed by atoms with Crippen LogP contribution in [0.15, 0.2) is 36.7 Å². The molecule has 2 aromatic rings. The Kier molecular flexibility index (Phi) is 4.17. The predicted molar refractivity (Wildman–Crippen MR) is 71.5 cm³/mol. The molecule has 1 atom stereocenters. The van der Waals surface area contributed by atoms with Crippen LogP contribution in [0.4, 0.5) is 18.9 Å². The van der Waals surface area contributed by atoms with Crippen molar-refractivity contribution in [1.82, 2.24) is 9.78 Å². The van der Waals surface area contributed by atoms with Gasteiger partial charge in [0.25, 0.3) is 0 Å². The number of halogens is 3. The molecule has 4 nitrogen and oxygen atoms in total. The van der Waals surface area contributed by atoms with E-state index in [4.69, 9.17) is 5.26 Å². The van der Waals surface area contributed by atoms with E-state index in [0.717, 1.165) is 6.07 Å². The summed E-state index contributed by atoms with van der Waals surface area (Å²) < 4.78 is 40.3. The lowest BCUT2D eigenvalue weighted by atomic mass is 10.1. The monoisotopic (exact) mass is 294 g/mol. The second-order valence-corrected chi connectivity index (χ2v) is 4.64. The van der Waals surface area contributed by atoms with E-state index in [0.29, 0.717) is 12.2 Å². The molecule has 0 bridgehead atoms. The highest BCUT2D eigenvalue weighted by Crippen LogP contribution is 2.33. The highest BCUT2D eigenvalue weighted by atomic mass is 19.4. The van der Waals surface area contributed by atoms with E-state index in [1.165, 1.54) is 12.1 Å². The van der Waals surface area contributed by atoms with E-state index in [1.54, 1.807) is 29.2 Å². The molecular formula is C14H13F3N4. The first-order valence-electron chi connectivity index (χ1n) is 6.25. The van der Waals surface area contributed by atoms with E-state index in [1.807, 2.05) is 6.92 Å². The van der Waals surface area contributed by atoms with Crippen LogP contribution in [0, 0.1) is 11.3 Å². The molecule has 1 N–H and O–H groups in total. The van der Waals surface area contributed by atoms with Crippen molar-refractivity contribution in [3.8, 4) is 6.07 Å². The minimum atomic E-state index is -4.55. The highest BCUT2D eigenvalue weighted by Gasteiger charge is 2.33. The molecule has 0 saturated heterocycles. The number of nitrogens with one attached hydrogen (secondary N) is 1. The molecule has 0 saturated carbocycles. The summed E-state index contributed by atoms with van der Waals surface area (Å²) in [5.74, 6) is 0. The van der Waals surface area contributed by atoms with E-state index in [2.05, 4.69) is 10.4 Å². The number of aromatic nitrogens is 2. The highest BCUT2D eigenvalue weighted by molar-refractivity contribution is 5.53. The van der Waals surface area contributed by atoms with Gasteiger partial charge < -0.3 is 5.32 Å². The number of hydrogen-bond acceptors (Lipinski definition) is 3. The molecule has 1 heterocycles. The lowest BCUT2D eigenvalue weighted by Crippen LogP contribution is -2.22. The Hall–Kier alpha value is -2.49. The predicted octanol–water partition coefficient (Wildman–Crippen LogP) is 3.27. The van der Waals surface area contributed by atoms with Crippen molar-refractivity contribution in [2.24, 2.45) is 0 Å². The Bertz CT molecular complexity index is 641. The SMILES string of the molecule is CC(Cn1cccn1)Nc1ccc(C#N)c(C(F)(F)F)c1. The number of nitrogens with zero attached hydrogens (tertiary/aromatic N) is 3. The van der Waals surface area contributed by atoms with E-state index >= 15 is 0 Å². The molecule has 7 heteroatoms. The molecule has 0 aliphatic rings. The third kappa shape index (κ3) is 3.75. The van der Waals surface area contributed by atoms with Crippen LogP contribution in [-0.4, -0.2) is 15.8 Å². The number of rotatable bonds is 4. The van der Waals surface area contributed by atoms with Crippen LogP contribution in [0.3, 0.4) is 0 Å². The van der Waals surface area contributed by atoms with Crippen LogP contribution in [0.5, 0.6) is 0 Å². The maximum absolute atomic E-state index is 12.9. The molecular weight excluding hydrogens is 281 g/mol. The van der Waals surface area contributed by atoms with Crippen molar-refractivity contribution in [3.05, 3.63) is 47.8 Å². The molecule has 1 aromatic heterocycles. The zero-order valence-corrected chi connectivity index (χ0v) is 11.2. The number of nitriles is 1. The van der Waals surface area contributed by atoms with Gasteiger partial charge in [0, 0.05) is 24.1 Å². The Morgan fingerprint density at radius 1 is 1.43 bits per heavy atom. The van der Waals surface area contributed by atoms with Gasteiger partial charge in [-0.3, -0.25) is 4.68 Å². The lowest BCUT2D eigenvalue weighted by Gasteiger charge is -2.17. The summed E-state index contributed by atoms with van der Waals surface area (Å²) in [6.45, 7) is 2.36. The van der Waals surface area contributed by atoms with Crippen LogP contribution in [0.2, 0.25) is 0 Å². The van der Waals surface area contributed by atoms with Gasteiger partial charge in [-0.05, 0) is 31.2 Å². The van der Waals surface area contributed by atoms with Crippen molar-refractivity contribution < 1.29 is 13.2 Å². The molecule has 0 aliphatic heterocycles. The summed E-state index contributed by atoms with van der Waals surface area (Å²) in [6, 6.07) is 6.81. The maximum atomic E-state index is 12.9. The fourth-order valence-electron chi connectivity index (χ4n) is 1.99. The smallest absolute Gasteiger partial charge is 0.381 e. The van der Waals surface area contributed by atoms with Crippen LogP contribution in [0.25, 0.3) is 0 Å². The zero-order valence-electron chi connectivity index (χ0n) is 11.2. The van der Waals surface area contributed by atoms with Crippen molar-refractivity contribution >= 4 is 5.69 Å². The van der Waals surface area contributed by atoms with Gasteiger partial charge in [-0.1, -0.05) is 0 Å². The summed E-state index contributed by atoms with van der Waals surface area (Å²) in [5.41, 5.74) is -0.991. The van der Waals surface area contributed by atoms with Gasteiger partial charge >= 0.3 is 6.18 Å². The third-order valence-electron chi connectivity index (χ3n) is 2.88. The second kappa shape index (κ2) is 5.87. The van der Waals surface area contributed by atoms with Gasteiger partial charge in [-0.2, -0.15) is 23.5 Å². The molecule has 0 spiro atoms. The van der Waals surface area contributed by atoms with Gasteiger partial charge in [-0.25, -0.2) is 0 Å². The van der Waals surface area contributed by atoms with E-state index in [-0.39, 0.29) is 11.6 Å². The summed E-state index contributed by atoms with van der Waals surface area (Å²) in [7, 11) is 0. The van der Waals surface area contributed by atoms with Crippen molar-refractivity contribution in [1.29, 1.82) is 5.26 Å².